The van der Waals surface area contributed by atoms with Crippen LogP contribution in [-0.2, 0) is 6.42 Å². The van der Waals surface area contributed by atoms with Gasteiger partial charge in [-0.3, -0.25) is 0 Å². The summed E-state index contributed by atoms with van der Waals surface area (Å²) >= 11 is 18.3. The molecule has 0 fully saturated rings. The van der Waals surface area contributed by atoms with Crippen molar-refractivity contribution in [3.63, 3.8) is 0 Å². The molecule has 2 rings (SSSR count). The summed E-state index contributed by atoms with van der Waals surface area (Å²) in [4.78, 5) is 0. The predicted octanol–water partition coefficient (Wildman–Crippen LogP) is 5.29. The van der Waals surface area contributed by atoms with Crippen molar-refractivity contribution in [2.24, 2.45) is 0 Å². The molecular weight excluding hydrogens is 320 g/mol. The molecule has 5 heteroatoms. The van der Waals surface area contributed by atoms with Gasteiger partial charge in [0.05, 0.1) is 10.0 Å². The molecule has 2 aromatic carbocycles. The fourth-order valence-corrected chi connectivity index (χ4v) is 2.81. The lowest BCUT2D eigenvalue weighted by molar-refractivity contribution is 0.534. The second-order valence-corrected chi connectivity index (χ2v) is 5.59. The van der Waals surface area contributed by atoms with Gasteiger partial charge in [-0.15, -0.1) is 0 Å². The number of nitrogens with one attached hydrogen (secondary N) is 1. The molecule has 0 aliphatic rings. The minimum absolute atomic E-state index is 0.278. The van der Waals surface area contributed by atoms with Crippen molar-refractivity contribution in [3.05, 3.63) is 68.4 Å². The van der Waals surface area contributed by atoms with Crippen molar-refractivity contribution in [1.82, 2.24) is 5.32 Å². The lowest BCUT2D eigenvalue weighted by Gasteiger charge is -2.19. The molecule has 0 saturated carbocycles. The molecule has 1 atom stereocenters. The molecule has 0 spiro atoms. The highest BCUT2D eigenvalue weighted by Crippen LogP contribution is 2.32. The standard InChI is InChI=1S/C15H13Cl3FN/c1-20-13(14-10(16)5-3-7-12(14)19)8-9-4-2-6-11(17)15(9)18/h2-7,13,20H,8H2,1H3. The van der Waals surface area contributed by atoms with E-state index in [0.29, 0.717) is 27.1 Å². The van der Waals surface area contributed by atoms with Crippen LogP contribution in [0.3, 0.4) is 0 Å². The summed E-state index contributed by atoms with van der Waals surface area (Å²) in [6.45, 7) is 0. The van der Waals surface area contributed by atoms with Gasteiger partial charge in [-0.05, 0) is 37.2 Å². The van der Waals surface area contributed by atoms with Gasteiger partial charge in [-0.25, -0.2) is 4.39 Å². The van der Waals surface area contributed by atoms with E-state index in [2.05, 4.69) is 5.32 Å². The first-order valence-corrected chi connectivity index (χ1v) is 7.22. The number of halogens is 4. The van der Waals surface area contributed by atoms with E-state index in [1.165, 1.54) is 6.07 Å². The zero-order chi connectivity index (χ0) is 14.7. The van der Waals surface area contributed by atoms with E-state index in [1.54, 1.807) is 25.2 Å². The smallest absolute Gasteiger partial charge is 0.129 e. The fourth-order valence-electron chi connectivity index (χ4n) is 2.12. The summed E-state index contributed by atoms with van der Waals surface area (Å²) in [6.07, 6.45) is 0.497. The topological polar surface area (TPSA) is 12.0 Å². The monoisotopic (exact) mass is 331 g/mol. The van der Waals surface area contributed by atoms with Gasteiger partial charge in [0, 0.05) is 16.6 Å². The van der Waals surface area contributed by atoms with E-state index in [9.17, 15) is 4.39 Å². The van der Waals surface area contributed by atoms with Crippen LogP contribution in [0.4, 0.5) is 4.39 Å². The average molecular weight is 333 g/mol. The molecular formula is C15H13Cl3FN. The Kier molecular flexibility index (Phi) is 5.28. The van der Waals surface area contributed by atoms with E-state index in [0.717, 1.165) is 5.56 Å². The molecule has 0 radical (unpaired) electrons. The van der Waals surface area contributed by atoms with Crippen LogP contribution in [0.15, 0.2) is 36.4 Å². The van der Waals surface area contributed by atoms with Gasteiger partial charge in [0.1, 0.15) is 5.82 Å². The van der Waals surface area contributed by atoms with Crippen LogP contribution in [-0.4, -0.2) is 7.05 Å². The number of benzene rings is 2. The quantitative estimate of drug-likeness (QED) is 0.802. The first kappa shape index (κ1) is 15.6. The van der Waals surface area contributed by atoms with Crippen LogP contribution >= 0.6 is 34.8 Å². The second-order valence-electron chi connectivity index (χ2n) is 4.39. The molecule has 0 bridgehead atoms. The fraction of sp³-hybridized carbons (Fsp3) is 0.200. The summed E-state index contributed by atoms with van der Waals surface area (Å²) < 4.78 is 14.0. The van der Waals surface area contributed by atoms with Crippen molar-refractivity contribution >= 4 is 34.8 Å². The first-order valence-electron chi connectivity index (χ1n) is 6.08. The molecule has 0 amide bonds. The molecule has 1 unspecified atom stereocenters. The minimum atomic E-state index is -0.338. The van der Waals surface area contributed by atoms with Gasteiger partial charge in [0.2, 0.25) is 0 Å². The van der Waals surface area contributed by atoms with Gasteiger partial charge in [-0.2, -0.15) is 0 Å². The minimum Gasteiger partial charge on any atom is -0.313 e. The van der Waals surface area contributed by atoms with E-state index < -0.39 is 0 Å². The highest BCUT2D eigenvalue weighted by Gasteiger charge is 2.19. The Balaban J connectivity index is 2.37. The molecule has 0 aromatic heterocycles. The molecule has 0 aliphatic heterocycles. The maximum atomic E-state index is 14.0. The van der Waals surface area contributed by atoms with Crippen molar-refractivity contribution in [1.29, 1.82) is 0 Å². The molecule has 20 heavy (non-hydrogen) atoms. The zero-order valence-electron chi connectivity index (χ0n) is 10.8. The van der Waals surface area contributed by atoms with Gasteiger partial charge in [-0.1, -0.05) is 53.0 Å². The molecule has 0 heterocycles. The molecule has 0 aliphatic carbocycles. The lowest BCUT2D eigenvalue weighted by Crippen LogP contribution is -2.20. The molecule has 1 nitrogen and oxygen atoms in total. The zero-order valence-corrected chi connectivity index (χ0v) is 13.0. The van der Waals surface area contributed by atoms with Crippen LogP contribution < -0.4 is 5.32 Å². The van der Waals surface area contributed by atoms with Crippen LogP contribution in [0, 0.1) is 5.82 Å². The van der Waals surface area contributed by atoms with Crippen LogP contribution in [0.2, 0.25) is 15.1 Å². The second kappa shape index (κ2) is 6.77. The van der Waals surface area contributed by atoms with Crippen molar-refractivity contribution in [2.75, 3.05) is 7.05 Å². The summed E-state index contributed by atoms with van der Waals surface area (Å²) in [6, 6.07) is 9.78. The van der Waals surface area contributed by atoms with E-state index in [-0.39, 0.29) is 11.9 Å². The average Bonchev–Trinajstić information content (AvgIpc) is 2.42. The molecule has 0 saturated heterocycles. The molecule has 2 aromatic rings. The Morgan fingerprint density at radius 3 is 2.35 bits per heavy atom. The van der Waals surface area contributed by atoms with Crippen molar-refractivity contribution < 1.29 is 4.39 Å². The first-order chi connectivity index (χ1) is 9.54. The number of hydrogen-bond acceptors (Lipinski definition) is 1. The largest absolute Gasteiger partial charge is 0.313 e. The summed E-state index contributed by atoms with van der Waals surface area (Å²) in [5.74, 6) is -0.338. The van der Waals surface area contributed by atoms with Crippen LogP contribution in [0.1, 0.15) is 17.2 Å². The lowest BCUT2D eigenvalue weighted by atomic mass is 9.98. The van der Waals surface area contributed by atoms with E-state index in [4.69, 9.17) is 34.8 Å². The Hall–Kier alpha value is -0.800. The van der Waals surface area contributed by atoms with Crippen LogP contribution in [0.5, 0.6) is 0 Å². The third-order valence-corrected chi connectivity index (χ3v) is 4.34. The number of rotatable bonds is 4. The van der Waals surface area contributed by atoms with Gasteiger partial charge >= 0.3 is 0 Å². The van der Waals surface area contributed by atoms with E-state index >= 15 is 0 Å². The van der Waals surface area contributed by atoms with Crippen LogP contribution in [0.25, 0.3) is 0 Å². The summed E-state index contributed by atoms with van der Waals surface area (Å²) in [5.41, 5.74) is 1.28. The Morgan fingerprint density at radius 1 is 1.05 bits per heavy atom. The third kappa shape index (κ3) is 3.26. The highest BCUT2D eigenvalue weighted by molar-refractivity contribution is 6.42. The molecule has 1 N–H and O–H groups in total. The number of hydrogen-bond donors (Lipinski definition) is 1. The maximum absolute atomic E-state index is 14.0. The SMILES string of the molecule is CNC(Cc1cccc(Cl)c1Cl)c1c(F)cccc1Cl. The Morgan fingerprint density at radius 2 is 1.70 bits per heavy atom. The van der Waals surface area contributed by atoms with Gasteiger partial charge in [0.15, 0.2) is 0 Å². The highest BCUT2D eigenvalue weighted by atomic mass is 35.5. The third-order valence-electron chi connectivity index (χ3n) is 3.15. The summed E-state index contributed by atoms with van der Waals surface area (Å²) in [7, 11) is 1.76. The summed E-state index contributed by atoms with van der Waals surface area (Å²) in [5, 5.41) is 4.43. The van der Waals surface area contributed by atoms with Gasteiger partial charge in [0.25, 0.3) is 0 Å². The predicted molar refractivity (Wildman–Crippen MR) is 83.4 cm³/mol. The van der Waals surface area contributed by atoms with Crippen molar-refractivity contribution in [2.45, 2.75) is 12.5 Å². The normalized spacial score (nSPS) is 12.4. The Bertz CT molecular complexity index is 596. The van der Waals surface area contributed by atoms with E-state index in [1.807, 2.05) is 12.1 Å². The maximum Gasteiger partial charge on any atom is 0.129 e. The Labute approximate surface area is 132 Å². The molecule has 106 valence electrons. The van der Waals surface area contributed by atoms with Crippen molar-refractivity contribution in [3.8, 4) is 0 Å². The van der Waals surface area contributed by atoms with Gasteiger partial charge < -0.3 is 5.32 Å². The number of likely N-dealkylation sites (N-methyl/N-ethyl adjacent to an activating group) is 1.